The van der Waals surface area contributed by atoms with E-state index in [1.165, 1.54) is 13.2 Å². The van der Waals surface area contributed by atoms with Crippen molar-refractivity contribution in [3.8, 4) is 5.75 Å². The average Bonchev–Trinajstić information content (AvgIpc) is 2.65. The Kier molecular flexibility index (Phi) is 5.60. The van der Waals surface area contributed by atoms with Gasteiger partial charge in [0.2, 0.25) is 6.10 Å². The lowest BCUT2D eigenvalue weighted by Crippen LogP contribution is -2.20. The number of ether oxygens (including phenoxy) is 2. The molecule has 3 aromatic rings. The van der Waals surface area contributed by atoms with Gasteiger partial charge in [-0.25, -0.2) is 9.59 Å². The number of hydrogen-bond acceptors (Lipinski definition) is 5. The van der Waals surface area contributed by atoms with Gasteiger partial charge < -0.3 is 13.9 Å². The molecule has 1 atom stereocenters. The highest BCUT2D eigenvalue weighted by Crippen LogP contribution is 2.34. The first kappa shape index (κ1) is 18.7. The average molecular weight is 366 g/mol. The van der Waals surface area contributed by atoms with Crippen molar-refractivity contribution in [1.29, 1.82) is 0 Å². The Balaban J connectivity index is 2.17. The van der Waals surface area contributed by atoms with Crippen molar-refractivity contribution in [2.24, 2.45) is 0 Å². The molecule has 27 heavy (non-hydrogen) atoms. The van der Waals surface area contributed by atoms with Crippen molar-refractivity contribution in [2.75, 3.05) is 7.11 Å². The van der Waals surface area contributed by atoms with E-state index in [0.29, 0.717) is 28.7 Å². The van der Waals surface area contributed by atoms with Gasteiger partial charge in [-0.15, -0.1) is 0 Å². The number of carbonyl (C=O) groups excluding carboxylic acids is 1. The Morgan fingerprint density at radius 1 is 1.15 bits per heavy atom. The fourth-order valence-electron chi connectivity index (χ4n) is 3.14. The Hall–Kier alpha value is -3.08. The number of methoxy groups -OCH3 is 1. The standard InChI is InChI=1S/C22H22O5/c1-4-8-16-13-19(23)26-17-11-14(2)12-18(20(16)17)27-21(22(24)25-3)15-9-6-5-7-10-15/h5-7,9-13,21H,4,8H2,1-3H3/t21-/m1/s1. The molecule has 2 aromatic carbocycles. The topological polar surface area (TPSA) is 65.7 Å². The minimum atomic E-state index is -0.914. The van der Waals surface area contributed by atoms with Gasteiger partial charge in [0.1, 0.15) is 11.3 Å². The van der Waals surface area contributed by atoms with Gasteiger partial charge in [0, 0.05) is 11.6 Å². The van der Waals surface area contributed by atoms with E-state index in [9.17, 15) is 9.59 Å². The zero-order chi connectivity index (χ0) is 19.4. The maximum atomic E-state index is 12.4. The van der Waals surface area contributed by atoms with Gasteiger partial charge in [-0.2, -0.15) is 0 Å². The van der Waals surface area contributed by atoms with E-state index >= 15 is 0 Å². The molecule has 5 nitrogen and oxygen atoms in total. The normalized spacial score (nSPS) is 12.0. The molecule has 0 fully saturated rings. The Morgan fingerprint density at radius 3 is 2.56 bits per heavy atom. The third kappa shape index (κ3) is 4.03. The second-order valence-corrected chi connectivity index (χ2v) is 6.41. The third-order valence-electron chi connectivity index (χ3n) is 4.32. The van der Waals surface area contributed by atoms with E-state index in [-0.39, 0.29) is 0 Å². The van der Waals surface area contributed by atoms with Crippen molar-refractivity contribution in [3.05, 3.63) is 75.6 Å². The summed E-state index contributed by atoms with van der Waals surface area (Å²) in [6.45, 7) is 3.92. The summed E-state index contributed by atoms with van der Waals surface area (Å²) in [5.41, 5.74) is 2.46. The maximum Gasteiger partial charge on any atom is 0.351 e. The summed E-state index contributed by atoms with van der Waals surface area (Å²) in [5, 5.41) is 0.715. The second kappa shape index (κ2) is 8.08. The molecule has 0 aliphatic rings. The minimum Gasteiger partial charge on any atom is -0.473 e. The van der Waals surface area contributed by atoms with Gasteiger partial charge in [0.15, 0.2) is 0 Å². The first-order valence-electron chi connectivity index (χ1n) is 8.90. The van der Waals surface area contributed by atoms with E-state index in [1.807, 2.05) is 50.2 Å². The number of hydrogen-bond donors (Lipinski definition) is 0. The van der Waals surface area contributed by atoms with Gasteiger partial charge >= 0.3 is 11.6 Å². The van der Waals surface area contributed by atoms with Crippen molar-refractivity contribution >= 4 is 16.9 Å². The van der Waals surface area contributed by atoms with Crippen molar-refractivity contribution in [1.82, 2.24) is 0 Å². The van der Waals surface area contributed by atoms with Crippen LogP contribution >= 0.6 is 0 Å². The lowest BCUT2D eigenvalue weighted by molar-refractivity contribution is -0.149. The smallest absolute Gasteiger partial charge is 0.351 e. The first-order valence-corrected chi connectivity index (χ1v) is 8.90. The predicted octanol–water partition coefficient (Wildman–Crippen LogP) is 4.35. The molecule has 0 amide bonds. The number of rotatable bonds is 6. The lowest BCUT2D eigenvalue weighted by atomic mass is 10.0. The molecule has 0 bridgehead atoms. The Labute approximate surface area is 157 Å². The largest absolute Gasteiger partial charge is 0.473 e. The molecule has 0 saturated heterocycles. The second-order valence-electron chi connectivity index (χ2n) is 6.41. The number of esters is 1. The lowest BCUT2D eigenvalue weighted by Gasteiger charge is -2.19. The summed E-state index contributed by atoms with van der Waals surface area (Å²) in [5.74, 6) is 0.00161. The van der Waals surface area contributed by atoms with Crippen LogP contribution in [0, 0.1) is 6.92 Å². The maximum absolute atomic E-state index is 12.4. The summed E-state index contributed by atoms with van der Waals surface area (Å²) in [6.07, 6.45) is 0.656. The summed E-state index contributed by atoms with van der Waals surface area (Å²) in [7, 11) is 1.33. The van der Waals surface area contributed by atoms with Gasteiger partial charge in [0.25, 0.3) is 0 Å². The summed E-state index contributed by atoms with van der Waals surface area (Å²) < 4.78 is 16.5. The highest BCUT2D eigenvalue weighted by atomic mass is 16.6. The molecule has 3 rings (SSSR count). The molecule has 0 radical (unpaired) electrons. The number of benzene rings is 2. The molecule has 5 heteroatoms. The number of aryl methyl sites for hydroxylation is 2. The number of fused-ring (bicyclic) bond motifs is 1. The van der Waals surface area contributed by atoms with E-state index in [0.717, 1.165) is 17.5 Å². The zero-order valence-electron chi connectivity index (χ0n) is 15.7. The molecule has 0 aliphatic heterocycles. The summed E-state index contributed by atoms with van der Waals surface area (Å²) in [6, 6.07) is 14.3. The molecule has 0 aliphatic carbocycles. The molecule has 0 N–H and O–H groups in total. The van der Waals surface area contributed by atoms with Crippen LogP contribution in [0.1, 0.15) is 36.1 Å². The van der Waals surface area contributed by atoms with Crippen LogP contribution in [0.25, 0.3) is 11.0 Å². The molecular weight excluding hydrogens is 344 g/mol. The molecule has 0 spiro atoms. The van der Waals surface area contributed by atoms with Crippen LogP contribution < -0.4 is 10.4 Å². The van der Waals surface area contributed by atoms with Crippen molar-refractivity contribution in [3.63, 3.8) is 0 Å². The quantitative estimate of drug-likeness (QED) is 0.479. The monoisotopic (exact) mass is 366 g/mol. The fourth-order valence-corrected chi connectivity index (χ4v) is 3.14. The van der Waals surface area contributed by atoms with Crippen molar-refractivity contribution < 1.29 is 18.7 Å². The fraction of sp³-hybridized carbons (Fsp3) is 0.273. The highest BCUT2D eigenvalue weighted by molar-refractivity contribution is 5.88. The van der Waals surface area contributed by atoms with Crippen LogP contribution in [0.5, 0.6) is 5.75 Å². The molecule has 140 valence electrons. The summed E-state index contributed by atoms with van der Waals surface area (Å²) >= 11 is 0. The SMILES string of the molecule is CCCc1cc(=O)oc2cc(C)cc(O[C@@H](C(=O)OC)c3ccccc3)c12. The Morgan fingerprint density at radius 2 is 1.89 bits per heavy atom. The van der Waals surface area contributed by atoms with E-state index in [1.54, 1.807) is 6.07 Å². The van der Waals surface area contributed by atoms with Crippen LogP contribution in [0.3, 0.4) is 0 Å². The van der Waals surface area contributed by atoms with E-state index in [2.05, 4.69) is 0 Å². The van der Waals surface area contributed by atoms with E-state index < -0.39 is 17.7 Å². The highest BCUT2D eigenvalue weighted by Gasteiger charge is 2.25. The van der Waals surface area contributed by atoms with Crippen LogP contribution in [0.2, 0.25) is 0 Å². The molecule has 1 heterocycles. The van der Waals surface area contributed by atoms with Gasteiger partial charge in [-0.1, -0.05) is 43.7 Å². The first-order chi connectivity index (χ1) is 13.0. The minimum absolute atomic E-state index is 0.393. The van der Waals surface area contributed by atoms with Crippen LogP contribution in [-0.4, -0.2) is 13.1 Å². The van der Waals surface area contributed by atoms with Gasteiger partial charge in [-0.05, 0) is 36.6 Å². The third-order valence-corrected chi connectivity index (χ3v) is 4.32. The molecule has 1 aromatic heterocycles. The number of carbonyl (C=O) groups is 1. The molecular formula is C22H22O5. The van der Waals surface area contributed by atoms with Crippen LogP contribution in [-0.2, 0) is 16.0 Å². The molecule has 0 saturated carbocycles. The predicted molar refractivity (Wildman–Crippen MR) is 103 cm³/mol. The zero-order valence-corrected chi connectivity index (χ0v) is 15.7. The molecule has 0 unspecified atom stereocenters. The summed E-state index contributed by atoms with van der Waals surface area (Å²) in [4.78, 5) is 24.3. The van der Waals surface area contributed by atoms with Gasteiger partial charge in [0.05, 0.1) is 12.5 Å². The van der Waals surface area contributed by atoms with Crippen LogP contribution in [0.15, 0.2) is 57.7 Å². The Bertz CT molecular complexity index is 1000. The van der Waals surface area contributed by atoms with Crippen LogP contribution in [0.4, 0.5) is 0 Å². The van der Waals surface area contributed by atoms with E-state index in [4.69, 9.17) is 13.9 Å². The van der Waals surface area contributed by atoms with Gasteiger partial charge in [-0.3, -0.25) is 0 Å². The van der Waals surface area contributed by atoms with Crippen molar-refractivity contribution in [2.45, 2.75) is 32.8 Å².